The Labute approximate surface area is 240 Å². The van der Waals surface area contributed by atoms with E-state index in [0.717, 1.165) is 0 Å². The summed E-state index contributed by atoms with van der Waals surface area (Å²) in [5.41, 5.74) is -0.0439. The lowest BCUT2D eigenvalue weighted by Crippen LogP contribution is -2.49. The van der Waals surface area contributed by atoms with E-state index < -0.39 is 35.5 Å². The zero-order valence-corrected chi connectivity index (χ0v) is 23.4. The second-order valence-electron chi connectivity index (χ2n) is 11.1. The van der Waals surface area contributed by atoms with Gasteiger partial charge in [0, 0.05) is 22.9 Å². The first kappa shape index (κ1) is 27.8. The van der Waals surface area contributed by atoms with E-state index >= 15 is 4.39 Å². The van der Waals surface area contributed by atoms with Crippen LogP contribution in [0.15, 0.2) is 54.7 Å². The van der Waals surface area contributed by atoms with Crippen molar-refractivity contribution in [1.82, 2.24) is 10.3 Å². The fourth-order valence-electron chi connectivity index (χ4n) is 5.75. The van der Waals surface area contributed by atoms with Gasteiger partial charge in [0.2, 0.25) is 5.91 Å². The average molecular weight is 582 g/mol. The Balaban J connectivity index is 1.63. The Hall–Kier alpha value is -3.71. The molecule has 2 aliphatic rings. The summed E-state index contributed by atoms with van der Waals surface area (Å²) in [4.78, 5) is 31.2. The predicted octanol–water partition coefficient (Wildman–Crippen LogP) is 6.36. The summed E-state index contributed by atoms with van der Waals surface area (Å²) in [6.45, 7) is 6.10. The van der Waals surface area contributed by atoms with Crippen LogP contribution >= 0.6 is 23.2 Å². The van der Waals surface area contributed by atoms with Crippen molar-refractivity contribution in [2.24, 2.45) is 5.41 Å². The Bertz CT molecular complexity index is 1540. The van der Waals surface area contributed by atoms with Gasteiger partial charge in [-0.3, -0.25) is 15.4 Å². The third kappa shape index (κ3) is 4.87. The standard InChI is InChI=1S/C29H26Cl2FN5O3/c1-28(2,3)12-21-29(18-9-8-16(30)11-20(18)35-26(29)38)23(17-5-4-6-19(31)24(17)32)25(36-21)40-27(39)37-22-10-7-15(13-33)14-34-22/h4-11,14,21,23,25,36H,12H2,1-3H3,(H,35,38)(H,34,37,39)/t21-,23-,25+,29+/m0/s1. The third-order valence-electron chi connectivity index (χ3n) is 7.25. The Morgan fingerprint density at radius 1 is 1.23 bits per heavy atom. The van der Waals surface area contributed by atoms with Crippen LogP contribution in [-0.4, -0.2) is 29.3 Å². The summed E-state index contributed by atoms with van der Waals surface area (Å²) < 4.78 is 21.6. The summed E-state index contributed by atoms with van der Waals surface area (Å²) in [7, 11) is 0. The van der Waals surface area contributed by atoms with Gasteiger partial charge in [-0.15, -0.1) is 0 Å². The van der Waals surface area contributed by atoms with Crippen LogP contribution in [0.4, 0.5) is 20.7 Å². The molecule has 1 saturated heterocycles. The van der Waals surface area contributed by atoms with Crippen LogP contribution in [0.2, 0.25) is 10.0 Å². The number of hydrogen-bond donors (Lipinski definition) is 3. The molecule has 8 nitrogen and oxygen atoms in total. The highest BCUT2D eigenvalue weighted by atomic mass is 35.5. The second-order valence-corrected chi connectivity index (χ2v) is 12.0. The lowest BCUT2D eigenvalue weighted by atomic mass is 9.63. The number of fused-ring (bicyclic) bond motifs is 2. The maximum Gasteiger partial charge on any atom is 0.414 e. The minimum atomic E-state index is -1.36. The predicted molar refractivity (Wildman–Crippen MR) is 150 cm³/mol. The van der Waals surface area contributed by atoms with Gasteiger partial charge in [-0.05, 0) is 53.3 Å². The van der Waals surface area contributed by atoms with E-state index in [2.05, 4.69) is 20.9 Å². The number of carbonyl (C=O) groups is 2. The number of aromatic nitrogens is 1. The van der Waals surface area contributed by atoms with E-state index in [1.807, 2.05) is 26.8 Å². The summed E-state index contributed by atoms with van der Waals surface area (Å²) in [6, 6.07) is 14.0. The Morgan fingerprint density at radius 2 is 2.00 bits per heavy atom. The van der Waals surface area contributed by atoms with Crippen molar-refractivity contribution in [3.8, 4) is 6.07 Å². The van der Waals surface area contributed by atoms with Crippen LogP contribution in [0.5, 0.6) is 0 Å². The highest BCUT2D eigenvalue weighted by molar-refractivity contribution is 6.31. The van der Waals surface area contributed by atoms with E-state index in [4.69, 9.17) is 33.2 Å². The van der Waals surface area contributed by atoms with Crippen molar-refractivity contribution in [2.75, 3.05) is 10.6 Å². The van der Waals surface area contributed by atoms with Crippen molar-refractivity contribution in [2.45, 2.75) is 50.8 Å². The first-order chi connectivity index (χ1) is 18.9. The molecule has 0 unspecified atom stereocenters. The molecule has 206 valence electrons. The molecule has 4 atom stereocenters. The normalized spacial score (nSPS) is 23.4. The molecule has 0 saturated carbocycles. The van der Waals surface area contributed by atoms with Crippen LogP contribution in [0.1, 0.15) is 49.8 Å². The quantitative estimate of drug-likeness (QED) is 0.330. The van der Waals surface area contributed by atoms with Gasteiger partial charge in [0.15, 0.2) is 6.23 Å². The molecule has 1 spiro atoms. The third-order valence-corrected chi connectivity index (χ3v) is 7.78. The zero-order valence-electron chi connectivity index (χ0n) is 21.9. The van der Waals surface area contributed by atoms with Crippen LogP contribution in [-0.2, 0) is 14.9 Å². The number of halogens is 3. The molecular formula is C29H26Cl2FN5O3. The fraction of sp³-hybridized carbons (Fsp3) is 0.310. The van der Waals surface area contributed by atoms with Crippen molar-refractivity contribution >= 4 is 46.7 Å². The molecule has 2 amide bonds. The Kier molecular flexibility index (Phi) is 7.21. The molecule has 3 heterocycles. The molecule has 0 bridgehead atoms. The first-order valence-electron chi connectivity index (χ1n) is 12.6. The molecule has 3 aromatic rings. The molecule has 2 aromatic carbocycles. The van der Waals surface area contributed by atoms with Crippen LogP contribution < -0.4 is 16.0 Å². The lowest BCUT2D eigenvalue weighted by Gasteiger charge is -2.37. The molecule has 2 aliphatic heterocycles. The van der Waals surface area contributed by atoms with Crippen LogP contribution in [0.3, 0.4) is 0 Å². The summed E-state index contributed by atoms with van der Waals surface area (Å²) in [6.07, 6.45) is -0.207. The van der Waals surface area contributed by atoms with Gasteiger partial charge in [0.1, 0.15) is 23.1 Å². The highest BCUT2D eigenvalue weighted by Crippen LogP contribution is 2.57. The number of nitrogens with one attached hydrogen (secondary N) is 3. The maximum atomic E-state index is 15.7. The second kappa shape index (κ2) is 10.4. The van der Waals surface area contributed by atoms with Crippen molar-refractivity contribution in [3.63, 3.8) is 0 Å². The molecule has 11 heteroatoms. The van der Waals surface area contributed by atoms with Gasteiger partial charge in [-0.2, -0.15) is 5.26 Å². The van der Waals surface area contributed by atoms with Crippen LogP contribution in [0, 0.1) is 22.6 Å². The summed E-state index contributed by atoms with van der Waals surface area (Å²) in [5.74, 6) is -1.91. The van der Waals surface area contributed by atoms with E-state index in [1.165, 1.54) is 24.4 Å². The van der Waals surface area contributed by atoms with Crippen LogP contribution in [0.25, 0.3) is 0 Å². The minimum absolute atomic E-state index is 0.119. The number of hydrogen-bond acceptors (Lipinski definition) is 6. The number of ether oxygens (including phenoxy) is 1. The minimum Gasteiger partial charge on any atom is -0.429 e. The lowest BCUT2D eigenvalue weighted by molar-refractivity contribution is -0.122. The number of anilines is 2. The van der Waals surface area contributed by atoms with E-state index in [0.29, 0.717) is 28.3 Å². The number of amides is 2. The molecule has 40 heavy (non-hydrogen) atoms. The monoisotopic (exact) mass is 581 g/mol. The van der Waals surface area contributed by atoms with Crippen molar-refractivity contribution in [3.05, 3.63) is 87.3 Å². The number of benzene rings is 2. The molecule has 5 rings (SSSR count). The molecule has 3 N–H and O–H groups in total. The van der Waals surface area contributed by atoms with Gasteiger partial charge in [-0.1, -0.05) is 62.2 Å². The molecular weight excluding hydrogens is 556 g/mol. The number of pyridine rings is 1. The number of nitriles is 1. The molecule has 0 aliphatic carbocycles. The van der Waals surface area contributed by atoms with E-state index in [-0.39, 0.29) is 27.7 Å². The molecule has 0 radical (unpaired) electrons. The number of carbonyl (C=O) groups excluding carboxylic acids is 2. The van der Waals surface area contributed by atoms with Gasteiger partial charge < -0.3 is 10.1 Å². The summed E-state index contributed by atoms with van der Waals surface area (Å²) >= 11 is 12.5. The fourth-order valence-corrected chi connectivity index (χ4v) is 6.11. The Morgan fingerprint density at radius 3 is 2.67 bits per heavy atom. The van der Waals surface area contributed by atoms with Crippen molar-refractivity contribution < 1.29 is 18.7 Å². The largest absolute Gasteiger partial charge is 0.429 e. The van der Waals surface area contributed by atoms with Gasteiger partial charge in [-0.25, -0.2) is 14.2 Å². The summed E-state index contributed by atoms with van der Waals surface area (Å²) in [5, 5.41) is 18.1. The number of rotatable bonds is 4. The first-order valence-corrected chi connectivity index (χ1v) is 13.3. The van der Waals surface area contributed by atoms with E-state index in [9.17, 15) is 9.59 Å². The SMILES string of the molecule is CC(C)(C)C[C@@H]1N[C@H](OC(=O)Nc2ccc(C#N)cn2)[C@H](c2cccc(Cl)c2F)[C@]12C(=O)Nc1cc(Cl)ccc12. The molecule has 1 fully saturated rings. The molecule has 1 aromatic heterocycles. The smallest absolute Gasteiger partial charge is 0.414 e. The topological polar surface area (TPSA) is 116 Å². The van der Waals surface area contributed by atoms with E-state index in [1.54, 1.807) is 30.3 Å². The van der Waals surface area contributed by atoms with Gasteiger partial charge in [0.25, 0.3) is 0 Å². The zero-order chi connectivity index (χ0) is 28.8. The highest BCUT2D eigenvalue weighted by Gasteiger charge is 2.66. The average Bonchev–Trinajstić information content (AvgIpc) is 3.34. The van der Waals surface area contributed by atoms with Gasteiger partial charge in [0.05, 0.1) is 16.5 Å². The maximum absolute atomic E-state index is 15.7. The van der Waals surface area contributed by atoms with Crippen molar-refractivity contribution in [1.29, 1.82) is 5.26 Å². The number of nitrogens with zero attached hydrogens (tertiary/aromatic N) is 2. The van der Waals surface area contributed by atoms with Gasteiger partial charge >= 0.3 is 6.09 Å².